The van der Waals surface area contributed by atoms with E-state index in [1.54, 1.807) is 0 Å². The van der Waals surface area contributed by atoms with Crippen LogP contribution in [-0.4, -0.2) is 5.33 Å². The molecule has 1 saturated carbocycles. The van der Waals surface area contributed by atoms with Gasteiger partial charge in [0, 0.05) is 5.33 Å². The zero-order valence-corrected chi connectivity index (χ0v) is 5.48. The molecule has 0 saturated heterocycles. The van der Waals surface area contributed by atoms with Gasteiger partial charge in [0.2, 0.25) is 0 Å². The molecule has 0 bridgehead atoms. The number of halogens is 1. The molecule has 0 aromatic heterocycles. The summed E-state index contributed by atoms with van der Waals surface area (Å²) in [6.45, 7) is 0. The summed E-state index contributed by atoms with van der Waals surface area (Å²) in [5, 5.41) is 9.24. The van der Waals surface area contributed by atoms with Crippen LogP contribution in [0.4, 0.5) is 0 Å². The predicted octanol–water partition coefficient (Wildman–Crippen LogP) is 1.54. The lowest BCUT2D eigenvalue weighted by Gasteiger charge is -1.75. The highest BCUT2D eigenvalue weighted by molar-refractivity contribution is 9.09. The van der Waals surface area contributed by atoms with Crippen LogP contribution >= 0.6 is 15.9 Å². The lowest BCUT2D eigenvalue weighted by atomic mass is 10.4. The number of rotatable bonds is 1. The average molecular weight is 160 g/mol. The van der Waals surface area contributed by atoms with Crippen molar-refractivity contribution in [2.75, 3.05) is 5.33 Å². The monoisotopic (exact) mass is 159 g/mol. The van der Waals surface area contributed by atoms with Crippen molar-refractivity contribution >= 4 is 15.9 Å². The van der Waals surface area contributed by atoms with Gasteiger partial charge in [-0.1, -0.05) is 15.9 Å². The van der Waals surface area contributed by atoms with E-state index in [1.165, 1.54) is 0 Å². The summed E-state index contributed by atoms with van der Waals surface area (Å²) < 4.78 is 0. The smallest absolute Gasteiger partial charge is 0.0659 e. The molecular weight excluding hydrogens is 154 g/mol. The first kappa shape index (κ1) is 5.11. The Morgan fingerprint density at radius 3 is 2.71 bits per heavy atom. The first-order valence-corrected chi connectivity index (χ1v) is 3.46. The van der Waals surface area contributed by atoms with Gasteiger partial charge in [0.1, 0.15) is 0 Å². The van der Waals surface area contributed by atoms with Crippen LogP contribution in [0.2, 0.25) is 0 Å². The summed E-state index contributed by atoms with van der Waals surface area (Å²) in [6, 6.07) is 2.21. The Bertz CT molecular complexity index is 105. The molecule has 0 amide bonds. The molecule has 38 valence electrons. The first-order valence-electron chi connectivity index (χ1n) is 2.34. The fourth-order valence-corrected chi connectivity index (χ4v) is 1.29. The van der Waals surface area contributed by atoms with Crippen LogP contribution in [0.3, 0.4) is 0 Å². The number of nitrogens with zero attached hydrogens (tertiary/aromatic N) is 1. The molecule has 1 fully saturated rings. The highest BCUT2D eigenvalue weighted by atomic mass is 79.9. The minimum Gasteiger partial charge on any atom is -0.198 e. The summed E-state index contributed by atoms with van der Waals surface area (Å²) >= 11 is 3.31. The molecule has 1 nitrogen and oxygen atoms in total. The Morgan fingerprint density at radius 1 is 1.86 bits per heavy atom. The van der Waals surface area contributed by atoms with Crippen molar-refractivity contribution < 1.29 is 0 Å². The van der Waals surface area contributed by atoms with E-state index in [0.29, 0.717) is 11.8 Å². The molecule has 1 aliphatic rings. The van der Waals surface area contributed by atoms with Crippen LogP contribution in [0.1, 0.15) is 6.42 Å². The fourth-order valence-electron chi connectivity index (χ4n) is 0.576. The van der Waals surface area contributed by atoms with Crippen LogP contribution in [0, 0.1) is 23.2 Å². The van der Waals surface area contributed by atoms with Gasteiger partial charge in [-0.2, -0.15) is 5.26 Å². The van der Waals surface area contributed by atoms with Gasteiger partial charge in [-0.25, -0.2) is 0 Å². The van der Waals surface area contributed by atoms with Gasteiger partial charge in [0.15, 0.2) is 0 Å². The van der Waals surface area contributed by atoms with Crippen molar-refractivity contribution in [2.45, 2.75) is 6.42 Å². The third-order valence-electron chi connectivity index (χ3n) is 1.29. The minimum absolute atomic E-state index is 0.374. The average Bonchev–Trinajstić information content (AvgIpc) is 2.43. The second-order valence-corrected chi connectivity index (χ2v) is 2.53. The van der Waals surface area contributed by atoms with E-state index < -0.39 is 0 Å². The molecule has 0 aromatic rings. The van der Waals surface area contributed by atoms with Gasteiger partial charge in [0.25, 0.3) is 0 Å². The summed E-state index contributed by atoms with van der Waals surface area (Å²) in [6.07, 6.45) is 1.11. The zero-order chi connectivity index (χ0) is 5.28. The van der Waals surface area contributed by atoms with Crippen molar-refractivity contribution in [1.82, 2.24) is 0 Å². The van der Waals surface area contributed by atoms with Crippen molar-refractivity contribution in [3.05, 3.63) is 0 Å². The number of alkyl halides is 1. The van der Waals surface area contributed by atoms with Crippen molar-refractivity contribution in [3.63, 3.8) is 0 Å². The molecule has 0 unspecified atom stereocenters. The standard InChI is InChI=1S/C5H6BrN/c6-2-4-1-5(4)3-7/h4-5H,1-2H2/t4-,5-/m0/s1. The van der Waals surface area contributed by atoms with Crippen molar-refractivity contribution in [1.29, 1.82) is 5.26 Å². The Balaban J connectivity index is 2.21. The molecule has 2 heteroatoms. The second kappa shape index (κ2) is 1.83. The van der Waals surface area contributed by atoms with E-state index in [4.69, 9.17) is 5.26 Å². The topological polar surface area (TPSA) is 23.8 Å². The maximum atomic E-state index is 8.24. The van der Waals surface area contributed by atoms with Crippen LogP contribution in [0.5, 0.6) is 0 Å². The number of hydrogen-bond donors (Lipinski definition) is 0. The Hall–Kier alpha value is -0.0300. The van der Waals surface area contributed by atoms with Crippen LogP contribution in [0.15, 0.2) is 0 Å². The van der Waals surface area contributed by atoms with E-state index >= 15 is 0 Å². The molecule has 0 heterocycles. The van der Waals surface area contributed by atoms with Gasteiger partial charge in [-0.05, 0) is 12.3 Å². The maximum absolute atomic E-state index is 8.24. The van der Waals surface area contributed by atoms with Gasteiger partial charge in [-0.15, -0.1) is 0 Å². The van der Waals surface area contributed by atoms with Gasteiger partial charge < -0.3 is 0 Å². The van der Waals surface area contributed by atoms with Crippen LogP contribution < -0.4 is 0 Å². The summed E-state index contributed by atoms with van der Waals surface area (Å²) in [7, 11) is 0. The molecule has 1 aliphatic carbocycles. The molecule has 0 aliphatic heterocycles. The van der Waals surface area contributed by atoms with Crippen molar-refractivity contribution in [2.24, 2.45) is 11.8 Å². The molecule has 0 spiro atoms. The Kier molecular flexibility index (Phi) is 1.34. The molecule has 0 radical (unpaired) electrons. The predicted molar refractivity (Wildman–Crippen MR) is 31.0 cm³/mol. The maximum Gasteiger partial charge on any atom is 0.0659 e. The minimum atomic E-state index is 0.374. The van der Waals surface area contributed by atoms with Gasteiger partial charge >= 0.3 is 0 Å². The van der Waals surface area contributed by atoms with E-state index in [1.807, 2.05) is 0 Å². The summed E-state index contributed by atoms with van der Waals surface area (Å²) in [4.78, 5) is 0. The van der Waals surface area contributed by atoms with Gasteiger partial charge in [-0.3, -0.25) is 0 Å². The molecule has 1 rings (SSSR count). The molecule has 0 N–H and O–H groups in total. The zero-order valence-electron chi connectivity index (χ0n) is 3.89. The SMILES string of the molecule is N#C[C@@H]1C[C@H]1CBr. The molecule has 0 aromatic carbocycles. The largest absolute Gasteiger partial charge is 0.198 e. The lowest BCUT2D eigenvalue weighted by Crippen LogP contribution is -1.76. The normalized spacial score (nSPS) is 37.1. The van der Waals surface area contributed by atoms with E-state index in [2.05, 4.69) is 22.0 Å². The number of hydrogen-bond acceptors (Lipinski definition) is 1. The summed E-state index contributed by atoms with van der Waals surface area (Å²) in [5.74, 6) is 1.05. The van der Waals surface area contributed by atoms with Crippen molar-refractivity contribution in [3.8, 4) is 6.07 Å². The van der Waals surface area contributed by atoms with Crippen LogP contribution in [0.25, 0.3) is 0 Å². The fraction of sp³-hybridized carbons (Fsp3) is 0.800. The quantitative estimate of drug-likeness (QED) is 0.533. The first-order chi connectivity index (χ1) is 3.38. The molecule has 7 heavy (non-hydrogen) atoms. The highest BCUT2D eigenvalue weighted by Crippen LogP contribution is 2.38. The van der Waals surface area contributed by atoms with E-state index in [-0.39, 0.29) is 0 Å². The molecule has 2 atom stereocenters. The Labute approximate surface area is 51.5 Å². The second-order valence-electron chi connectivity index (χ2n) is 1.89. The summed E-state index contributed by atoms with van der Waals surface area (Å²) in [5.41, 5.74) is 0. The third-order valence-corrected chi connectivity index (χ3v) is 2.12. The third kappa shape index (κ3) is 0.947. The van der Waals surface area contributed by atoms with E-state index in [9.17, 15) is 0 Å². The van der Waals surface area contributed by atoms with E-state index in [0.717, 1.165) is 11.8 Å². The molecular formula is C5H6BrN. The Morgan fingerprint density at radius 2 is 2.57 bits per heavy atom. The van der Waals surface area contributed by atoms with Crippen LogP contribution in [-0.2, 0) is 0 Å². The highest BCUT2D eigenvalue weighted by Gasteiger charge is 2.35. The lowest BCUT2D eigenvalue weighted by molar-refractivity contribution is 0.930. The van der Waals surface area contributed by atoms with Gasteiger partial charge in [0.05, 0.1) is 12.0 Å². The number of nitriles is 1.